The molecule has 1 amide bonds. The Morgan fingerprint density at radius 3 is 2.89 bits per heavy atom. The quantitative estimate of drug-likeness (QED) is 0.744. The van der Waals surface area contributed by atoms with Crippen molar-refractivity contribution in [1.82, 2.24) is 4.90 Å². The summed E-state index contributed by atoms with van der Waals surface area (Å²) < 4.78 is 0. The van der Waals surface area contributed by atoms with E-state index in [1.807, 2.05) is 37.3 Å². The van der Waals surface area contributed by atoms with Gasteiger partial charge in [-0.05, 0) is 29.7 Å². The first-order valence-electron chi connectivity index (χ1n) is 5.84. The van der Waals surface area contributed by atoms with Gasteiger partial charge in [0.2, 0.25) is 0 Å². The molecule has 0 radical (unpaired) electrons. The third-order valence-corrected chi connectivity index (χ3v) is 3.33. The number of nitriles is 1. The molecule has 2 rings (SSSR count). The molecule has 3 nitrogen and oxygen atoms in total. The van der Waals surface area contributed by atoms with Gasteiger partial charge < -0.3 is 0 Å². The van der Waals surface area contributed by atoms with E-state index in [0.29, 0.717) is 6.42 Å². The molecule has 0 aliphatic carbocycles. The van der Waals surface area contributed by atoms with E-state index < -0.39 is 5.54 Å². The highest BCUT2D eigenvalue weighted by Gasteiger charge is 2.41. The predicted octanol–water partition coefficient (Wildman–Crippen LogP) is 2.81. The maximum atomic E-state index is 11.9. The molecule has 1 aliphatic rings. The Morgan fingerprint density at radius 1 is 1.56 bits per heavy atom. The number of carbonyl (C=O) groups excluding carboxylic acids is 1. The molecule has 0 spiro atoms. The minimum Gasteiger partial charge on any atom is -0.292 e. The maximum Gasteiger partial charge on any atom is 0.251 e. The second kappa shape index (κ2) is 4.50. The molecule has 18 heavy (non-hydrogen) atoms. The van der Waals surface area contributed by atoms with Crippen LogP contribution in [0.3, 0.4) is 0 Å². The van der Waals surface area contributed by atoms with Crippen LogP contribution in [0, 0.1) is 11.3 Å². The van der Waals surface area contributed by atoms with Crippen LogP contribution in [-0.2, 0) is 10.3 Å². The SMILES string of the molecule is C=CC(=O)N1C=Cc2ccccc2C1(C#N)CC. The molecule has 1 aromatic rings. The average molecular weight is 238 g/mol. The van der Waals surface area contributed by atoms with Crippen molar-refractivity contribution >= 4 is 12.0 Å². The first-order valence-corrected chi connectivity index (χ1v) is 5.84. The van der Waals surface area contributed by atoms with Gasteiger partial charge in [-0.25, -0.2) is 0 Å². The molecule has 0 bridgehead atoms. The van der Waals surface area contributed by atoms with Crippen LogP contribution < -0.4 is 0 Å². The largest absolute Gasteiger partial charge is 0.292 e. The van der Waals surface area contributed by atoms with Crippen LogP contribution in [0.1, 0.15) is 24.5 Å². The summed E-state index contributed by atoms with van der Waals surface area (Å²) >= 11 is 0. The van der Waals surface area contributed by atoms with E-state index in [0.717, 1.165) is 11.1 Å². The van der Waals surface area contributed by atoms with Gasteiger partial charge in [0.1, 0.15) is 0 Å². The Morgan fingerprint density at radius 2 is 2.28 bits per heavy atom. The van der Waals surface area contributed by atoms with Crippen molar-refractivity contribution in [1.29, 1.82) is 5.26 Å². The van der Waals surface area contributed by atoms with E-state index in [9.17, 15) is 10.1 Å². The lowest BCUT2D eigenvalue weighted by atomic mass is 9.81. The highest BCUT2D eigenvalue weighted by Crippen LogP contribution is 2.38. The van der Waals surface area contributed by atoms with Crippen LogP contribution in [0.5, 0.6) is 0 Å². The highest BCUT2D eigenvalue weighted by molar-refractivity contribution is 5.90. The van der Waals surface area contributed by atoms with Crippen molar-refractivity contribution in [2.75, 3.05) is 0 Å². The third-order valence-electron chi connectivity index (χ3n) is 3.33. The fraction of sp³-hybridized carbons (Fsp3) is 0.200. The van der Waals surface area contributed by atoms with Crippen molar-refractivity contribution in [2.24, 2.45) is 0 Å². The monoisotopic (exact) mass is 238 g/mol. The Hall–Kier alpha value is -2.34. The van der Waals surface area contributed by atoms with Gasteiger partial charge in [-0.2, -0.15) is 5.26 Å². The molecule has 1 aromatic carbocycles. The van der Waals surface area contributed by atoms with Crippen LogP contribution in [0.25, 0.3) is 6.08 Å². The Labute approximate surface area is 107 Å². The minimum atomic E-state index is -0.934. The first kappa shape index (κ1) is 12.1. The van der Waals surface area contributed by atoms with Crippen LogP contribution in [0.2, 0.25) is 0 Å². The molecule has 1 heterocycles. The van der Waals surface area contributed by atoms with Crippen LogP contribution in [0.4, 0.5) is 0 Å². The average Bonchev–Trinajstić information content (AvgIpc) is 2.45. The van der Waals surface area contributed by atoms with Crippen molar-refractivity contribution < 1.29 is 4.79 Å². The second-order valence-electron chi connectivity index (χ2n) is 4.14. The number of hydrogen-bond donors (Lipinski definition) is 0. The Balaban J connectivity index is 2.67. The molecule has 0 N–H and O–H groups in total. The van der Waals surface area contributed by atoms with E-state index in [1.165, 1.54) is 11.0 Å². The Kier molecular flexibility index (Phi) is 3.03. The topological polar surface area (TPSA) is 44.1 Å². The third kappa shape index (κ3) is 1.54. The number of rotatable bonds is 2. The predicted molar refractivity (Wildman–Crippen MR) is 70.1 cm³/mol. The Bertz CT molecular complexity index is 568. The van der Waals surface area contributed by atoms with E-state index in [4.69, 9.17) is 0 Å². The van der Waals surface area contributed by atoms with Gasteiger partial charge in [0.25, 0.3) is 5.91 Å². The smallest absolute Gasteiger partial charge is 0.251 e. The summed E-state index contributed by atoms with van der Waals surface area (Å²) in [6.07, 6.45) is 5.28. The summed E-state index contributed by atoms with van der Waals surface area (Å²) in [4.78, 5) is 13.4. The van der Waals surface area contributed by atoms with Crippen molar-refractivity contribution in [3.63, 3.8) is 0 Å². The molecular formula is C15H14N2O. The van der Waals surface area contributed by atoms with E-state index in [2.05, 4.69) is 12.6 Å². The summed E-state index contributed by atoms with van der Waals surface area (Å²) in [5.74, 6) is -0.260. The molecule has 1 atom stereocenters. The maximum absolute atomic E-state index is 11.9. The molecule has 0 saturated heterocycles. The van der Waals surface area contributed by atoms with Crippen LogP contribution in [-0.4, -0.2) is 10.8 Å². The fourth-order valence-electron chi connectivity index (χ4n) is 2.34. The van der Waals surface area contributed by atoms with Crippen molar-refractivity contribution in [3.05, 3.63) is 54.2 Å². The minimum absolute atomic E-state index is 0.260. The molecule has 1 aliphatic heterocycles. The van der Waals surface area contributed by atoms with E-state index in [1.54, 1.807) is 6.20 Å². The van der Waals surface area contributed by atoms with Crippen molar-refractivity contribution in [3.8, 4) is 6.07 Å². The number of amides is 1. The number of fused-ring (bicyclic) bond motifs is 1. The lowest BCUT2D eigenvalue weighted by molar-refractivity contribution is -0.127. The molecule has 0 aromatic heterocycles. The van der Waals surface area contributed by atoms with Crippen LogP contribution >= 0.6 is 0 Å². The zero-order chi connectivity index (χ0) is 13.2. The van der Waals surface area contributed by atoms with Crippen LogP contribution in [0.15, 0.2) is 43.1 Å². The molecule has 90 valence electrons. The zero-order valence-electron chi connectivity index (χ0n) is 10.3. The van der Waals surface area contributed by atoms with Gasteiger partial charge >= 0.3 is 0 Å². The normalized spacial score (nSPS) is 21.0. The van der Waals surface area contributed by atoms with Gasteiger partial charge in [-0.15, -0.1) is 0 Å². The summed E-state index contributed by atoms with van der Waals surface area (Å²) in [7, 11) is 0. The molecule has 0 saturated carbocycles. The molecule has 1 unspecified atom stereocenters. The van der Waals surface area contributed by atoms with Crippen molar-refractivity contribution in [2.45, 2.75) is 18.9 Å². The lowest BCUT2D eigenvalue weighted by Gasteiger charge is -2.39. The van der Waals surface area contributed by atoms with E-state index >= 15 is 0 Å². The standard InChI is InChI=1S/C15H14N2O/c1-3-14(18)17-10-9-12-7-5-6-8-13(12)15(17,4-2)11-16/h3,5-10H,1,4H2,2H3. The summed E-state index contributed by atoms with van der Waals surface area (Å²) in [5, 5.41) is 9.59. The number of carbonyl (C=O) groups is 1. The second-order valence-corrected chi connectivity index (χ2v) is 4.14. The van der Waals surface area contributed by atoms with E-state index in [-0.39, 0.29) is 5.91 Å². The molecule has 0 fully saturated rings. The summed E-state index contributed by atoms with van der Waals surface area (Å²) in [6.45, 7) is 5.40. The van der Waals surface area contributed by atoms with Gasteiger partial charge in [0, 0.05) is 6.20 Å². The lowest BCUT2D eigenvalue weighted by Crippen LogP contribution is -2.46. The summed E-state index contributed by atoms with van der Waals surface area (Å²) in [6, 6.07) is 9.95. The molecule has 3 heteroatoms. The highest BCUT2D eigenvalue weighted by atomic mass is 16.2. The van der Waals surface area contributed by atoms with Gasteiger partial charge in [-0.1, -0.05) is 37.8 Å². The zero-order valence-corrected chi connectivity index (χ0v) is 10.3. The van der Waals surface area contributed by atoms with Gasteiger partial charge in [-0.3, -0.25) is 9.69 Å². The number of nitrogens with zero attached hydrogens (tertiary/aromatic N) is 2. The number of hydrogen-bond acceptors (Lipinski definition) is 2. The molecular weight excluding hydrogens is 224 g/mol. The van der Waals surface area contributed by atoms with Gasteiger partial charge in [0.05, 0.1) is 6.07 Å². The fourth-order valence-corrected chi connectivity index (χ4v) is 2.34. The number of benzene rings is 1. The first-order chi connectivity index (χ1) is 8.69. The summed E-state index contributed by atoms with van der Waals surface area (Å²) in [5.41, 5.74) is 0.915. The van der Waals surface area contributed by atoms with Gasteiger partial charge in [0.15, 0.2) is 5.54 Å².